The highest BCUT2D eigenvalue weighted by atomic mass is 35.5. The molecule has 1 aromatic carbocycles. The van der Waals surface area contributed by atoms with Gasteiger partial charge in [-0.1, -0.05) is 12.1 Å². The third-order valence-electron chi connectivity index (χ3n) is 2.18. The van der Waals surface area contributed by atoms with Crippen molar-refractivity contribution >= 4 is 23.7 Å². The van der Waals surface area contributed by atoms with Crippen LogP contribution in [0.4, 0.5) is 4.79 Å². The van der Waals surface area contributed by atoms with E-state index in [1.165, 1.54) is 0 Å². The lowest BCUT2D eigenvalue weighted by atomic mass is 10.2. The molecule has 4 nitrogen and oxygen atoms in total. The van der Waals surface area contributed by atoms with Gasteiger partial charge in [-0.15, -0.1) is 11.6 Å². The van der Waals surface area contributed by atoms with E-state index in [4.69, 9.17) is 16.3 Å². The Labute approximate surface area is 112 Å². The van der Waals surface area contributed by atoms with E-state index in [0.29, 0.717) is 12.4 Å². The van der Waals surface area contributed by atoms with Crippen LogP contribution in [0, 0.1) is 0 Å². The lowest BCUT2D eigenvalue weighted by Gasteiger charge is -2.03. The number of carbonyl (C=O) groups excluding carboxylic acids is 1. The monoisotopic (exact) mass is 268 g/mol. The summed E-state index contributed by atoms with van der Waals surface area (Å²) in [5.74, 6) is 1.32. The molecule has 0 spiro atoms. The van der Waals surface area contributed by atoms with Gasteiger partial charge in [-0.2, -0.15) is 0 Å². The Balaban J connectivity index is 2.37. The van der Waals surface area contributed by atoms with Crippen LogP contribution in [0.15, 0.2) is 30.5 Å². The van der Waals surface area contributed by atoms with E-state index in [9.17, 15) is 4.79 Å². The summed E-state index contributed by atoms with van der Waals surface area (Å²) in [6.45, 7) is 0.572. The number of amides is 2. The third kappa shape index (κ3) is 5.59. The molecular formula is C13H17ClN2O2. The summed E-state index contributed by atoms with van der Waals surface area (Å²) < 4.78 is 5.10. The zero-order valence-corrected chi connectivity index (χ0v) is 11.0. The number of benzene rings is 1. The summed E-state index contributed by atoms with van der Waals surface area (Å²) >= 11 is 5.50. The lowest BCUT2D eigenvalue weighted by Crippen LogP contribution is -2.32. The Morgan fingerprint density at radius 3 is 3.06 bits per heavy atom. The van der Waals surface area contributed by atoms with Gasteiger partial charge in [0.25, 0.3) is 0 Å². The molecule has 1 aromatic rings. The molecule has 2 N–H and O–H groups in total. The van der Waals surface area contributed by atoms with Gasteiger partial charge in [0.05, 0.1) is 7.11 Å². The largest absolute Gasteiger partial charge is 0.497 e. The Morgan fingerprint density at radius 2 is 2.33 bits per heavy atom. The molecule has 0 aliphatic heterocycles. The molecule has 0 saturated carbocycles. The van der Waals surface area contributed by atoms with Crippen LogP contribution < -0.4 is 15.4 Å². The number of methoxy groups -OCH3 is 1. The normalized spacial score (nSPS) is 10.3. The minimum Gasteiger partial charge on any atom is -0.497 e. The van der Waals surface area contributed by atoms with Crippen molar-refractivity contribution in [3.05, 3.63) is 36.0 Å². The van der Waals surface area contributed by atoms with E-state index in [0.717, 1.165) is 17.7 Å². The van der Waals surface area contributed by atoms with E-state index in [1.54, 1.807) is 19.4 Å². The smallest absolute Gasteiger partial charge is 0.318 e. The van der Waals surface area contributed by atoms with Gasteiger partial charge >= 0.3 is 6.03 Å². The first-order valence-corrected chi connectivity index (χ1v) is 6.20. The van der Waals surface area contributed by atoms with Crippen LogP contribution in [0.25, 0.3) is 6.08 Å². The van der Waals surface area contributed by atoms with Crippen molar-refractivity contribution in [2.45, 2.75) is 6.42 Å². The van der Waals surface area contributed by atoms with Crippen LogP contribution >= 0.6 is 11.6 Å². The molecule has 0 aromatic heterocycles. The van der Waals surface area contributed by atoms with Crippen LogP contribution in [-0.4, -0.2) is 25.6 Å². The molecule has 0 unspecified atom stereocenters. The number of alkyl halides is 1. The maximum absolute atomic E-state index is 11.3. The fourth-order valence-corrected chi connectivity index (χ4v) is 1.41. The van der Waals surface area contributed by atoms with Crippen molar-refractivity contribution in [2.24, 2.45) is 0 Å². The Bertz CT molecular complexity index is 408. The van der Waals surface area contributed by atoms with E-state index >= 15 is 0 Å². The molecule has 0 heterocycles. The second-order valence-electron chi connectivity index (χ2n) is 3.55. The highest BCUT2D eigenvalue weighted by molar-refractivity contribution is 6.17. The third-order valence-corrected chi connectivity index (χ3v) is 2.45. The predicted octanol–water partition coefficient (Wildman–Crippen LogP) is 2.59. The van der Waals surface area contributed by atoms with E-state index < -0.39 is 0 Å². The number of carbonyl (C=O) groups is 1. The van der Waals surface area contributed by atoms with Crippen LogP contribution in [0.5, 0.6) is 5.75 Å². The van der Waals surface area contributed by atoms with Crippen LogP contribution in [-0.2, 0) is 0 Å². The van der Waals surface area contributed by atoms with Crippen LogP contribution in [0.1, 0.15) is 12.0 Å². The molecule has 0 saturated heterocycles. The Kier molecular flexibility index (Phi) is 6.72. The molecule has 0 aliphatic carbocycles. The van der Waals surface area contributed by atoms with Crippen molar-refractivity contribution in [3.63, 3.8) is 0 Å². The van der Waals surface area contributed by atoms with E-state index in [1.807, 2.05) is 24.3 Å². The van der Waals surface area contributed by atoms with Gasteiger partial charge in [0, 0.05) is 18.6 Å². The fraction of sp³-hybridized carbons (Fsp3) is 0.308. The van der Waals surface area contributed by atoms with Crippen molar-refractivity contribution in [1.29, 1.82) is 0 Å². The second kappa shape index (κ2) is 8.42. The number of ether oxygens (including phenoxy) is 1. The van der Waals surface area contributed by atoms with Gasteiger partial charge in [0.1, 0.15) is 5.75 Å². The number of nitrogens with one attached hydrogen (secondary N) is 2. The van der Waals surface area contributed by atoms with Gasteiger partial charge in [-0.05, 0) is 30.2 Å². The topological polar surface area (TPSA) is 50.4 Å². The molecule has 0 radical (unpaired) electrons. The van der Waals surface area contributed by atoms with Gasteiger partial charge in [0.15, 0.2) is 0 Å². The van der Waals surface area contributed by atoms with Crippen molar-refractivity contribution < 1.29 is 9.53 Å². The number of hydrogen-bond donors (Lipinski definition) is 2. The second-order valence-corrected chi connectivity index (χ2v) is 3.93. The molecule has 0 aliphatic rings. The van der Waals surface area contributed by atoms with Crippen LogP contribution in [0.3, 0.4) is 0 Å². The molecule has 98 valence electrons. The first kappa shape index (κ1) is 14.4. The number of halogens is 1. The molecular weight excluding hydrogens is 252 g/mol. The summed E-state index contributed by atoms with van der Waals surface area (Å²) in [5.41, 5.74) is 0.954. The maximum atomic E-state index is 11.3. The number of rotatable bonds is 6. The summed E-state index contributed by atoms with van der Waals surface area (Å²) in [7, 11) is 1.62. The van der Waals surface area contributed by atoms with Gasteiger partial charge in [-0.3, -0.25) is 0 Å². The zero-order valence-electron chi connectivity index (χ0n) is 10.3. The summed E-state index contributed by atoms with van der Waals surface area (Å²) in [6.07, 6.45) is 4.14. The Morgan fingerprint density at radius 1 is 1.50 bits per heavy atom. The first-order chi connectivity index (χ1) is 8.76. The lowest BCUT2D eigenvalue weighted by molar-refractivity contribution is 0.244. The fourth-order valence-electron chi connectivity index (χ4n) is 1.28. The highest BCUT2D eigenvalue weighted by Crippen LogP contribution is 2.13. The van der Waals surface area contributed by atoms with E-state index in [2.05, 4.69) is 10.6 Å². The molecule has 0 atom stereocenters. The van der Waals surface area contributed by atoms with E-state index in [-0.39, 0.29) is 6.03 Å². The Hall–Kier alpha value is -1.68. The average Bonchev–Trinajstić information content (AvgIpc) is 2.39. The maximum Gasteiger partial charge on any atom is 0.318 e. The zero-order chi connectivity index (χ0) is 13.2. The first-order valence-electron chi connectivity index (χ1n) is 5.67. The van der Waals surface area contributed by atoms with Crippen molar-refractivity contribution in [3.8, 4) is 5.75 Å². The summed E-state index contributed by atoms with van der Waals surface area (Å²) in [5, 5.41) is 5.29. The summed E-state index contributed by atoms with van der Waals surface area (Å²) in [4.78, 5) is 11.3. The minimum absolute atomic E-state index is 0.237. The summed E-state index contributed by atoms with van der Waals surface area (Å²) in [6, 6.07) is 7.32. The van der Waals surface area contributed by atoms with Crippen molar-refractivity contribution in [1.82, 2.24) is 10.6 Å². The molecule has 0 bridgehead atoms. The minimum atomic E-state index is -0.237. The average molecular weight is 269 g/mol. The standard InChI is InChI=1S/C13H17ClN2O2/c1-18-12-5-2-4-11(10-12)6-9-16-13(17)15-8-3-7-14/h2,4-6,9-10H,3,7-8H2,1H3,(H2,15,16,17)/b9-6+. The molecule has 5 heteroatoms. The number of urea groups is 1. The molecule has 2 amide bonds. The molecule has 0 fully saturated rings. The van der Waals surface area contributed by atoms with Gasteiger partial charge in [-0.25, -0.2) is 4.79 Å². The quantitative estimate of drug-likeness (QED) is 0.615. The van der Waals surface area contributed by atoms with Gasteiger partial charge < -0.3 is 15.4 Å². The SMILES string of the molecule is COc1cccc(/C=C/NC(=O)NCCCCl)c1. The molecule has 1 rings (SSSR count). The van der Waals surface area contributed by atoms with Crippen LogP contribution in [0.2, 0.25) is 0 Å². The van der Waals surface area contributed by atoms with Crippen molar-refractivity contribution in [2.75, 3.05) is 19.5 Å². The van der Waals surface area contributed by atoms with Gasteiger partial charge in [0.2, 0.25) is 0 Å². The highest BCUT2D eigenvalue weighted by Gasteiger charge is 1.95. The molecule has 18 heavy (non-hydrogen) atoms. The number of hydrogen-bond acceptors (Lipinski definition) is 2. The predicted molar refractivity (Wildman–Crippen MR) is 73.9 cm³/mol.